The SMILES string of the molecule is Cc1ccccc1-c1ccnc(NCCCCN2CCN(c3ccc(C)c(Cl)c3Cl)CC2)c1. The van der Waals surface area contributed by atoms with Crippen molar-refractivity contribution in [3.05, 3.63) is 75.9 Å². The number of nitrogens with zero attached hydrogens (tertiary/aromatic N) is 3. The molecule has 33 heavy (non-hydrogen) atoms. The second-order valence-corrected chi connectivity index (χ2v) is 9.49. The van der Waals surface area contributed by atoms with E-state index in [0.29, 0.717) is 10.0 Å². The number of pyridine rings is 1. The molecule has 2 aromatic carbocycles. The molecule has 1 aliphatic rings. The molecule has 1 aliphatic heterocycles. The van der Waals surface area contributed by atoms with Crippen LogP contribution in [0.2, 0.25) is 10.0 Å². The summed E-state index contributed by atoms with van der Waals surface area (Å²) < 4.78 is 0. The first kappa shape index (κ1) is 23.9. The topological polar surface area (TPSA) is 31.4 Å². The van der Waals surface area contributed by atoms with Crippen LogP contribution in [0.4, 0.5) is 11.5 Å². The van der Waals surface area contributed by atoms with Gasteiger partial charge in [0.25, 0.3) is 0 Å². The van der Waals surface area contributed by atoms with Gasteiger partial charge in [-0.3, -0.25) is 4.90 Å². The molecule has 0 unspecified atom stereocenters. The minimum atomic E-state index is 0.669. The van der Waals surface area contributed by atoms with Gasteiger partial charge in [0.1, 0.15) is 5.82 Å². The minimum absolute atomic E-state index is 0.669. The lowest BCUT2D eigenvalue weighted by Gasteiger charge is -2.36. The third-order valence-electron chi connectivity index (χ3n) is 6.39. The minimum Gasteiger partial charge on any atom is -0.370 e. The Bertz CT molecular complexity index is 1080. The normalized spacial score (nSPS) is 14.5. The fourth-order valence-corrected chi connectivity index (χ4v) is 4.85. The number of aryl methyl sites for hydroxylation is 2. The summed E-state index contributed by atoms with van der Waals surface area (Å²) in [6.07, 6.45) is 4.18. The first-order valence-electron chi connectivity index (χ1n) is 11.7. The highest BCUT2D eigenvalue weighted by atomic mass is 35.5. The van der Waals surface area contributed by atoms with Crippen molar-refractivity contribution in [2.75, 3.05) is 49.5 Å². The monoisotopic (exact) mass is 482 g/mol. The number of rotatable bonds is 8. The molecule has 1 aromatic heterocycles. The van der Waals surface area contributed by atoms with Gasteiger partial charge in [-0.1, -0.05) is 53.5 Å². The van der Waals surface area contributed by atoms with Gasteiger partial charge in [-0.15, -0.1) is 0 Å². The van der Waals surface area contributed by atoms with Crippen LogP contribution in [0, 0.1) is 13.8 Å². The Balaban J connectivity index is 1.19. The summed E-state index contributed by atoms with van der Waals surface area (Å²) in [5.41, 5.74) is 5.82. The molecule has 1 saturated heterocycles. The van der Waals surface area contributed by atoms with Gasteiger partial charge in [0, 0.05) is 38.9 Å². The molecule has 4 nitrogen and oxygen atoms in total. The smallest absolute Gasteiger partial charge is 0.126 e. The van der Waals surface area contributed by atoms with E-state index in [1.54, 1.807) is 0 Å². The molecule has 3 aromatic rings. The van der Waals surface area contributed by atoms with E-state index in [1.807, 2.05) is 13.1 Å². The van der Waals surface area contributed by atoms with Crippen LogP contribution in [0.3, 0.4) is 0 Å². The Kier molecular flexibility index (Phi) is 8.13. The number of nitrogens with one attached hydrogen (secondary N) is 1. The Morgan fingerprint density at radius 2 is 1.67 bits per heavy atom. The largest absolute Gasteiger partial charge is 0.370 e. The average Bonchev–Trinajstić information content (AvgIpc) is 2.83. The number of benzene rings is 2. The molecule has 0 amide bonds. The zero-order valence-electron chi connectivity index (χ0n) is 19.5. The fourth-order valence-electron chi connectivity index (χ4n) is 4.36. The van der Waals surface area contributed by atoms with Crippen LogP contribution in [-0.2, 0) is 0 Å². The van der Waals surface area contributed by atoms with Crippen molar-refractivity contribution in [1.82, 2.24) is 9.88 Å². The van der Waals surface area contributed by atoms with Gasteiger partial charge in [-0.05, 0) is 73.7 Å². The quantitative estimate of drug-likeness (QED) is 0.362. The lowest BCUT2D eigenvalue weighted by Crippen LogP contribution is -2.46. The molecular weight excluding hydrogens is 451 g/mol. The third kappa shape index (κ3) is 6.00. The molecule has 4 rings (SSSR count). The Morgan fingerprint density at radius 1 is 0.879 bits per heavy atom. The van der Waals surface area contributed by atoms with Crippen LogP contribution in [0.1, 0.15) is 24.0 Å². The Labute approximate surface area is 207 Å². The number of aromatic nitrogens is 1. The van der Waals surface area contributed by atoms with Crippen molar-refractivity contribution >= 4 is 34.7 Å². The van der Waals surface area contributed by atoms with Gasteiger partial charge in [0.2, 0.25) is 0 Å². The first-order valence-corrected chi connectivity index (χ1v) is 12.5. The van der Waals surface area contributed by atoms with Crippen LogP contribution in [-0.4, -0.2) is 49.2 Å². The van der Waals surface area contributed by atoms with E-state index in [4.69, 9.17) is 23.2 Å². The van der Waals surface area contributed by atoms with Crippen LogP contribution >= 0.6 is 23.2 Å². The molecule has 2 heterocycles. The lowest BCUT2D eigenvalue weighted by molar-refractivity contribution is 0.254. The predicted molar refractivity (Wildman–Crippen MR) is 142 cm³/mol. The maximum Gasteiger partial charge on any atom is 0.126 e. The van der Waals surface area contributed by atoms with Crippen LogP contribution in [0.15, 0.2) is 54.7 Å². The summed E-state index contributed by atoms with van der Waals surface area (Å²) in [5, 5.41) is 4.84. The van der Waals surface area contributed by atoms with Crippen LogP contribution in [0.25, 0.3) is 11.1 Å². The van der Waals surface area contributed by atoms with Gasteiger partial charge < -0.3 is 10.2 Å². The summed E-state index contributed by atoms with van der Waals surface area (Å²) >= 11 is 12.8. The van der Waals surface area contributed by atoms with Crippen molar-refractivity contribution in [2.45, 2.75) is 26.7 Å². The highest BCUT2D eigenvalue weighted by molar-refractivity contribution is 6.44. The van der Waals surface area contributed by atoms with E-state index in [9.17, 15) is 0 Å². The van der Waals surface area contributed by atoms with E-state index in [0.717, 1.165) is 62.8 Å². The van der Waals surface area contributed by atoms with Gasteiger partial charge in [-0.2, -0.15) is 0 Å². The molecule has 0 radical (unpaired) electrons. The number of hydrogen-bond donors (Lipinski definition) is 1. The molecule has 6 heteroatoms. The molecule has 1 fully saturated rings. The Hall–Kier alpha value is -2.27. The summed E-state index contributed by atoms with van der Waals surface area (Å²) in [7, 11) is 0. The van der Waals surface area contributed by atoms with Crippen molar-refractivity contribution < 1.29 is 0 Å². The molecule has 0 aliphatic carbocycles. The van der Waals surface area contributed by atoms with E-state index >= 15 is 0 Å². The van der Waals surface area contributed by atoms with Crippen molar-refractivity contribution in [3.8, 4) is 11.1 Å². The highest BCUT2D eigenvalue weighted by Gasteiger charge is 2.20. The van der Waals surface area contributed by atoms with Crippen molar-refractivity contribution in [1.29, 1.82) is 0 Å². The van der Waals surface area contributed by atoms with Crippen molar-refractivity contribution in [3.63, 3.8) is 0 Å². The predicted octanol–water partition coefficient (Wildman–Crippen LogP) is 6.69. The highest BCUT2D eigenvalue weighted by Crippen LogP contribution is 2.35. The van der Waals surface area contributed by atoms with Crippen LogP contribution < -0.4 is 10.2 Å². The van der Waals surface area contributed by atoms with Crippen LogP contribution in [0.5, 0.6) is 0 Å². The van der Waals surface area contributed by atoms with E-state index in [2.05, 4.69) is 75.6 Å². The van der Waals surface area contributed by atoms with Gasteiger partial charge in [0.15, 0.2) is 0 Å². The maximum absolute atomic E-state index is 6.49. The number of anilines is 2. The van der Waals surface area contributed by atoms with Gasteiger partial charge in [-0.25, -0.2) is 4.98 Å². The fraction of sp³-hybridized carbons (Fsp3) is 0.370. The zero-order valence-corrected chi connectivity index (χ0v) is 21.0. The molecule has 174 valence electrons. The molecular formula is C27H32Cl2N4. The van der Waals surface area contributed by atoms with E-state index < -0.39 is 0 Å². The summed E-state index contributed by atoms with van der Waals surface area (Å²) in [6.45, 7) is 10.2. The first-order chi connectivity index (χ1) is 16.0. The lowest BCUT2D eigenvalue weighted by atomic mass is 10.0. The molecule has 0 saturated carbocycles. The molecule has 1 N–H and O–H groups in total. The Morgan fingerprint density at radius 3 is 2.45 bits per heavy atom. The summed E-state index contributed by atoms with van der Waals surface area (Å²) in [6, 6.07) is 16.8. The van der Waals surface area contributed by atoms with E-state index in [1.165, 1.54) is 23.1 Å². The second kappa shape index (κ2) is 11.2. The number of halogens is 2. The summed E-state index contributed by atoms with van der Waals surface area (Å²) in [5.74, 6) is 0.943. The van der Waals surface area contributed by atoms with Crippen molar-refractivity contribution in [2.24, 2.45) is 0 Å². The standard InChI is InChI=1S/C27H32Cl2N4/c1-20-7-3-4-8-23(20)22-11-13-31-25(19-22)30-12-5-6-14-32-15-17-33(18-16-32)24-10-9-21(2)26(28)27(24)29/h3-4,7-11,13,19H,5-6,12,14-18H2,1-2H3,(H,30,31). The third-order valence-corrected chi connectivity index (χ3v) is 7.36. The molecule has 0 atom stereocenters. The average molecular weight is 483 g/mol. The van der Waals surface area contributed by atoms with Gasteiger partial charge in [0.05, 0.1) is 15.7 Å². The number of hydrogen-bond acceptors (Lipinski definition) is 4. The number of piperazine rings is 1. The van der Waals surface area contributed by atoms with E-state index in [-0.39, 0.29) is 0 Å². The molecule has 0 spiro atoms. The number of unbranched alkanes of at least 4 members (excludes halogenated alkanes) is 1. The summed E-state index contributed by atoms with van der Waals surface area (Å²) in [4.78, 5) is 9.38. The van der Waals surface area contributed by atoms with Gasteiger partial charge >= 0.3 is 0 Å². The maximum atomic E-state index is 6.49. The molecule has 0 bridgehead atoms. The zero-order chi connectivity index (χ0) is 23.2. The second-order valence-electron chi connectivity index (χ2n) is 8.74.